The van der Waals surface area contributed by atoms with Crippen LogP contribution >= 0.6 is 0 Å². The second kappa shape index (κ2) is 7.92. The molecule has 104 valence electrons. The molecule has 0 saturated carbocycles. The standard InChI is InChI=1S/C16H16O2S2/c17-19(15-9-3-1-4-10-15)13-7-8-14-20(18)16-11-5-2-6-12-16/h1-12H,13-14H2/b8-7-/t19-,20-/m1/s1. The molecule has 4 heteroatoms. The summed E-state index contributed by atoms with van der Waals surface area (Å²) < 4.78 is 23.9. The molecule has 2 atom stereocenters. The van der Waals surface area contributed by atoms with Gasteiger partial charge in [-0.3, -0.25) is 8.42 Å². The molecule has 0 N–H and O–H groups in total. The molecule has 0 unspecified atom stereocenters. The Morgan fingerprint density at radius 3 is 1.35 bits per heavy atom. The van der Waals surface area contributed by atoms with Crippen LogP contribution in [-0.2, 0) is 21.6 Å². The van der Waals surface area contributed by atoms with Crippen LogP contribution in [0.25, 0.3) is 0 Å². The van der Waals surface area contributed by atoms with E-state index in [2.05, 4.69) is 0 Å². The molecule has 0 saturated heterocycles. The van der Waals surface area contributed by atoms with E-state index in [0.29, 0.717) is 11.5 Å². The van der Waals surface area contributed by atoms with E-state index in [-0.39, 0.29) is 0 Å². The van der Waals surface area contributed by atoms with E-state index in [1.54, 1.807) is 0 Å². The van der Waals surface area contributed by atoms with Gasteiger partial charge in [0, 0.05) is 21.3 Å². The van der Waals surface area contributed by atoms with Crippen LogP contribution in [-0.4, -0.2) is 19.9 Å². The topological polar surface area (TPSA) is 34.1 Å². The van der Waals surface area contributed by atoms with Gasteiger partial charge in [0.25, 0.3) is 0 Å². The summed E-state index contributed by atoms with van der Waals surface area (Å²) in [6.45, 7) is 0. The molecule has 0 aliphatic carbocycles. The average molecular weight is 304 g/mol. The fraction of sp³-hybridized carbons (Fsp3) is 0.125. The van der Waals surface area contributed by atoms with Crippen LogP contribution in [0.1, 0.15) is 0 Å². The molecule has 2 aromatic rings. The minimum Gasteiger partial charge on any atom is -0.254 e. The average Bonchev–Trinajstić information content (AvgIpc) is 2.53. The summed E-state index contributed by atoms with van der Waals surface area (Å²) in [5.41, 5.74) is 0. The van der Waals surface area contributed by atoms with Crippen molar-refractivity contribution in [2.24, 2.45) is 0 Å². The van der Waals surface area contributed by atoms with Gasteiger partial charge in [-0.15, -0.1) is 0 Å². The fourth-order valence-electron chi connectivity index (χ4n) is 1.65. The predicted molar refractivity (Wildman–Crippen MR) is 84.6 cm³/mol. The second-order valence-electron chi connectivity index (χ2n) is 4.12. The Morgan fingerprint density at radius 2 is 1.00 bits per heavy atom. The van der Waals surface area contributed by atoms with E-state index in [4.69, 9.17) is 0 Å². The van der Waals surface area contributed by atoms with E-state index in [9.17, 15) is 8.42 Å². The Bertz CT molecular complexity index is 551. The monoisotopic (exact) mass is 304 g/mol. The molecule has 0 aromatic heterocycles. The van der Waals surface area contributed by atoms with Gasteiger partial charge in [-0.1, -0.05) is 48.6 Å². The first kappa shape index (κ1) is 14.9. The quantitative estimate of drug-likeness (QED) is 0.768. The summed E-state index contributed by atoms with van der Waals surface area (Å²) in [7, 11) is -2.06. The van der Waals surface area contributed by atoms with Crippen LogP contribution in [0.2, 0.25) is 0 Å². The Kier molecular flexibility index (Phi) is 5.89. The highest BCUT2D eigenvalue weighted by molar-refractivity contribution is 7.85. The second-order valence-corrected chi connectivity index (χ2v) is 7.11. The molecular formula is C16H16O2S2. The maximum Gasteiger partial charge on any atom is 0.0567 e. The minimum absolute atomic E-state index is 0.454. The van der Waals surface area contributed by atoms with Crippen molar-refractivity contribution in [1.82, 2.24) is 0 Å². The van der Waals surface area contributed by atoms with Gasteiger partial charge in [-0.2, -0.15) is 0 Å². The van der Waals surface area contributed by atoms with Crippen LogP contribution in [0, 0.1) is 0 Å². The first-order valence-electron chi connectivity index (χ1n) is 6.29. The van der Waals surface area contributed by atoms with Gasteiger partial charge in [0.15, 0.2) is 0 Å². The first-order chi connectivity index (χ1) is 9.77. The molecule has 0 radical (unpaired) electrons. The van der Waals surface area contributed by atoms with Crippen molar-refractivity contribution in [3.05, 3.63) is 72.8 Å². The SMILES string of the molecule is O=[S@](C/C=C\C[S@@](=O)c1ccccc1)c1ccccc1. The van der Waals surface area contributed by atoms with Gasteiger partial charge < -0.3 is 0 Å². The lowest BCUT2D eigenvalue weighted by atomic mass is 10.4. The van der Waals surface area contributed by atoms with Gasteiger partial charge >= 0.3 is 0 Å². The Morgan fingerprint density at radius 1 is 0.650 bits per heavy atom. The summed E-state index contributed by atoms with van der Waals surface area (Å²) in [5.74, 6) is 0.909. The van der Waals surface area contributed by atoms with Crippen LogP contribution in [0.5, 0.6) is 0 Å². The summed E-state index contributed by atoms with van der Waals surface area (Å²) in [6, 6.07) is 18.7. The molecule has 0 spiro atoms. The molecular weight excluding hydrogens is 288 g/mol. The normalized spacial score (nSPS) is 14.2. The van der Waals surface area contributed by atoms with Crippen LogP contribution < -0.4 is 0 Å². The maximum absolute atomic E-state index is 11.9. The molecule has 2 nitrogen and oxygen atoms in total. The lowest BCUT2D eigenvalue weighted by Gasteiger charge is -1.99. The van der Waals surface area contributed by atoms with Crippen molar-refractivity contribution in [2.45, 2.75) is 9.79 Å². The fourth-order valence-corrected chi connectivity index (χ4v) is 3.58. The summed E-state index contributed by atoms with van der Waals surface area (Å²) >= 11 is 0. The van der Waals surface area contributed by atoms with Crippen molar-refractivity contribution in [1.29, 1.82) is 0 Å². The predicted octanol–water partition coefficient (Wildman–Crippen LogP) is 3.16. The lowest BCUT2D eigenvalue weighted by molar-refractivity contribution is 0.683. The zero-order valence-corrected chi connectivity index (χ0v) is 12.6. The minimum atomic E-state index is -1.03. The Labute approximate surface area is 124 Å². The van der Waals surface area contributed by atoms with E-state index >= 15 is 0 Å². The zero-order chi connectivity index (χ0) is 14.2. The smallest absolute Gasteiger partial charge is 0.0567 e. The molecule has 0 aliphatic rings. The van der Waals surface area contributed by atoms with Gasteiger partial charge in [0.05, 0.1) is 21.6 Å². The molecule has 0 amide bonds. The largest absolute Gasteiger partial charge is 0.254 e. The van der Waals surface area contributed by atoms with E-state index in [0.717, 1.165) is 9.79 Å². The van der Waals surface area contributed by atoms with E-state index in [1.807, 2.05) is 72.8 Å². The van der Waals surface area contributed by atoms with Crippen molar-refractivity contribution in [2.75, 3.05) is 11.5 Å². The molecule has 0 aliphatic heterocycles. The molecule has 20 heavy (non-hydrogen) atoms. The molecule has 0 bridgehead atoms. The highest BCUT2D eigenvalue weighted by atomic mass is 32.2. The highest BCUT2D eigenvalue weighted by Gasteiger charge is 2.01. The number of benzene rings is 2. The van der Waals surface area contributed by atoms with Crippen LogP contribution in [0.4, 0.5) is 0 Å². The van der Waals surface area contributed by atoms with Crippen molar-refractivity contribution in [3.63, 3.8) is 0 Å². The van der Waals surface area contributed by atoms with Crippen molar-refractivity contribution in [3.8, 4) is 0 Å². The summed E-state index contributed by atoms with van der Waals surface area (Å²) in [6.07, 6.45) is 3.67. The highest BCUT2D eigenvalue weighted by Crippen LogP contribution is 2.07. The lowest BCUT2D eigenvalue weighted by Crippen LogP contribution is -1.97. The third kappa shape index (κ3) is 4.54. The number of hydrogen-bond donors (Lipinski definition) is 0. The van der Waals surface area contributed by atoms with Crippen molar-refractivity contribution < 1.29 is 8.42 Å². The van der Waals surface area contributed by atoms with Gasteiger partial charge in [-0.05, 0) is 24.3 Å². The van der Waals surface area contributed by atoms with Gasteiger partial charge in [0.2, 0.25) is 0 Å². The van der Waals surface area contributed by atoms with Gasteiger partial charge in [-0.25, -0.2) is 0 Å². The maximum atomic E-state index is 11.9. The summed E-state index contributed by atoms with van der Waals surface area (Å²) in [4.78, 5) is 1.64. The number of hydrogen-bond acceptors (Lipinski definition) is 2. The number of rotatable bonds is 6. The van der Waals surface area contributed by atoms with Crippen molar-refractivity contribution >= 4 is 21.6 Å². The molecule has 2 aromatic carbocycles. The Balaban J connectivity index is 1.83. The third-order valence-corrected chi connectivity index (χ3v) is 5.26. The summed E-state index contributed by atoms with van der Waals surface area (Å²) in [5, 5.41) is 0. The third-order valence-electron chi connectivity index (χ3n) is 2.67. The molecule has 0 fully saturated rings. The molecule has 0 heterocycles. The van der Waals surface area contributed by atoms with Crippen LogP contribution in [0.3, 0.4) is 0 Å². The molecule has 2 rings (SSSR count). The van der Waals surface area contributed by atoms with E-state index < -0.39 is 21.6 Å². The van der Waals surface area contributed by atoms with Crippen LogP contribution in [0.15, 0.2) is 82.6 Å². The first-order valence-corrected chi connectivity index (χ1v) is 8.93. The van der Waals surface area contributed by atoms with E-state index in [1.165, 1.54) is 0 Å². The van der Waals surface area contributed by atoms with Gasteiger partial charge in [0.1, 0.15) is 0 Å². The zero-order valence-electron chi connectivity index (χ0n) is 11.0. The Hall–Kier alpha value is -1.52.